The van der Waals surface area contributed by atoms with Gasteiger partial charge in [-0.25, -0.2) is 0 Å². The monoisotopic (exact) mass is 168 g/mol. The number of rotatable bonds is 4. The Balaban J connectivity index is 2.12. The third-order valence-corrected chi connectivity index (χ3v) is 2.20. The lowest BCUT2D eigenvalue weighted by molar-refractivity contribution is -0.118. The number of carbonyl (C=O) groups excluding carboxylic acids is 1. The normalized spacial score (nSPS) is 19.3. The molecule has 1 amide bonds. The number of hydrogen-bond acceptors (Lipinski definition) is 1. The first-order chi connectivity index (χ1) is 5.52. The SMILES string of the molecule is CC(C)C[CH]C(=O)NC1(C)CC1. The summed E-state index contributed by atoms with van der Waals surface area (Å²) in [5, 5.41) is 2.99. The first-order valence-electron chi connectivity index (χ1n) is 4.67. The highest BCUT2D eigenvalue weighted by molar-refractivity contribution is 5.85. The van der Waals surface area contributed by atoms with Crippen molar-refractivity contribution in [1.29, 1.82) is 0 Å². The van der Waals surface area contributed by atoms with E-state index in [1.54, 1.807) is 6.42 Å². The van der Waals surface area contributed by atoms with E-state index >= 15 is 0 Å². The van der Waals surface area contributed by atoms with E-state index < -0.39 is 0 Å². The van der Waals surface area contributed by atoms with Crippen LogP contribution in [0.4, 0.5) is 0 Å². The molecular weight excluding hydrogens is 150 g/mol. The Labute approximate surface area is 74.7 Å². The molecule has 0 atom stereocenters. The van der Waals surface area contributed by atoms with Gasteiger partial charge in [-0.1, -0.05) is 13.8 Å². The van der Waals surface area contributed by atoms with Crippen molar-refractivity contribution in [3.05, 3.63) is 6.42 Å². The molecule has 0 saturated heterocycles. The zero-order valence-electron chi connectivity index (χ0n) is 8.18. The van der Waals surface area contributed by atoms with Crippen LogP contribution in [0.1, 0.15) is 40.0 Å². The lowest BCUT2D eigenvalue weighted by atomic mass is 10.1. The Hall–Kier alpha value is -0.530. The first kappa shape index (κ1) is 9.56. The Morgan fingerprint density at radius 3 is 2.58 bits per heavy atom. The maximum Gasteiger partial charge on any atom is 0.224 e. The fraction of sp³-hybridized carbons (Fsp3) is 0.800. The second-order valence-corrected chi connectivity index (χ2v) is 4.38. The van der Waals surface area contributed by atoms with Crippen LogP contribution in [0.5, 0.6) is 0 Å². The summed E-state index contributed by atoms with van der Waals surface area (Å²) in [6.07, 6.45) is 4.90. The highest BCUT2D eigenvalue weighted by Crippen LogP contribution is 2.34. The van der Waals surface area contributed by atoms with Gasteiger partial charge >= 0.3 is 0 Å². The number of carbonyl (C=O) groups is 1. The molecule has 1 aliphatic rings. The first-order valence-corrected chi connectivity index (χ1v) is 4.67. The molecule has 2 heteroatoms. The maximum absolute atomic E-state index is 11.2. The summed E-state index contributed by atoms with van der Waals surface area (Å²) in [7, 11) is 0. The van der Waals surface area contributed by atoms with Crippen LogP contribution in [0.15, 0.2) is 0 Å². The number of amides is 1. The molecule has 0 aromatic carbocycles. The van der Waals surface area contributed by atoms with Gasteiger partial charge in [-0.2, -0.15) is 0 Å². The van der Waals surface area contributed by atoms with E-state index in [0.717, 1.165) is 19.3 Å². The van der Waals surface area contributed by atoms with Crippen molar-refractivity contribution >= 4 is 5.91 Å². The highest BCUT2D eigenvalue weighted by Gasteiger charge is 2.38. The van der Waals surface area contributed by atoms with Crippen molar-refractivity contribution in [2.75, 3.05) is 0 Å². The molecule has 1 aliphatic carbocycles. The lowest BCUT2D eigenvalue weighted by Crippen LogP contribution is -2.34. The van der Waals surface area contributed by atoms with Crippen LogP contribution in [0.2, 0.25) is 0 Å². The van der Waals surface area contributed by atoms with Crippen LogP contribution >= 0.6 is 0 Å². The Morgan fingerprint density at radius 1 is 1.58 bits per heavy atom. The number of hydrogen-bond donors (Lipinski definition) is 1. The average molecular weight is 168 g/mol. The molecule has 1 rings (SSSR count). The fourth-order valence-corrected chi connectivity index (χ4v) is 1.00. The summed E-state index contributed by atoms with van der Waals surface area (Å²) in [5.41, 5.74) is 0.130. The Bertz CT molecular complexity index is 171. The fourth-order valence-electron chi connectivity index (χ4n) is 1.00. The standard InChI is InChI=1S/C10H18NO/c1-8(2)4-5-9(12)11-10(3)6-7-10/h5,8H,4,6-7H2,1-3H3,(H,11,12). The smallest absolute Gasteiger partial charge is 0.224 e. The van der Waals surface area contributed by atoms with Gasteiger partial charge in [-0.15, -0.1) is 0 Å². The maximum atomic E-state index is 11.2. The van der Waals surface area contributed by atoms with E-state index in [0.29, 0.717) is 5.92 Å². The van der Waals surface area contributed by atoms with Crippen molar-refractivity contribution in [3.8, 4) is 0 Å². The summed E-state index contributed by atoms with van der Waals surface area (Å²) >= 11 is 0. The van der Waals surface area contributed by atoms with E-state index in [-0.39, 0.29) is 11.4 Å². The predicted molar refractivity (Wildman–Crippen MR) is 49.5 cm³/mol. The zero-order valence-corrected chi connectivity index (χ0v) is 8.18. The molecule has 0 spiro atoms. The largest absolute Gasteiger partial charge is 0.351 e. The van der Waals surface area contributed by atoms with Crippen LogP contribution < -0.4 is 5.32 Å². The highest BCUT2D eigenvalue weighted by atomic mass is 16.1. The summed E-state index contributed by atoms with van der Waals surface area (Å²) < 4.78 is 0. The van der Waals surface area contributed by atoms with E-state index in [2.05, 4.69) is 26.1 Å². The lowest BCUT2D eigenvalue weighted by Gasteiger charge is -2.11. The third-order valence-electron chi connectivity index (χ3n) is 2.20. The minimum absolute atomic E-state index is 0.101. The Kier molecular flexibility index (Phi) is 2.76. The molecule has 1 fully saturated rings. The van der Waals surface area contributed by atoms with Gasteiger partial charge in [-0.05, 0) is 32.1 Å². The summed E-state index contributed by atoms with van der Waals surface area (Å²) in [4.78, 5) is 11.2. The minimum atomic E-state index is 0.101. The van der Waals surface area contributed by atoms with Gasteiger partial charge in [0.1, 0.15) is 0 Å². The molecule has 0 bridgehead atoms. The van der Waals surface area contributed by atoms with Gasteiger partial charge in [0.2, 0.25) is 5.91 Å². The van der Waals surface area contributed by atoms with Crippen LogP contribution in [-0.4, -0.2) is 11.4 Å². The molecule has 2 nitrogen and oxygen atoms in total. The van der Waals surface area contributed by atoms with Crippen molar-refractivity contribution in [2.45, 2.75) is 45.6 Å². The van der Waals surface area contributed by atoms with Crippen molar-refractivity contribution in [2.24, 2.45) is 5.92 Å². The van der Waals surface area contributed by atoms with E-state index in [1.165, 1.54) is 0 Å². The molecule has 1 radical (unpaired) electrons. The van der Waals surface area contributed by atoms with E-state index in [9.17, 15) is 4.79 Å². The molecule has 0 unspecified atom stereocenters. The molecule has 0 aliphatic heterocycles. The van der Waals surface area contributed by atoms with Gasteiger partial charge in [-0.3, -0.25) is 4.79 Å². The quantitative estimate of drug-likeness (QED) is 0.682. The van der Waals surface area contributed by atoms with Gasteiger partial charge in [0.25, 0.3) is 0 Å². The zero-order chi connectivity index (χ0) is 9.19. The molecule has 1 N–H and O–H groups in total. The van der Waals surface area contributed by atoms with Crippen molar-refractivity contribution < 1.29 is 4.79 Å². The number of nitrogens with one attached hydrogen (secondary N) is 1. The molecular formula is C10H18NO. The molecule has 1 saturated carbocycles. The Morgan fingerprint density at radius 2 is 2.17 bits per heavy atom. The molecule has 0 aromatic heterocycles. The van der Waals surface area contributed by atoms with Gasteiger partial charge in [0, 0.05) is 12.0 Å². The second kappa shape index (κ2) is 3.46. The summed E-state index contributed by atoms with van der Waals surface area (Å²) in [5.74, 6) is 0.673. The average Bonchev–Trinajstić information content (AvgIpc) is 2.64. The summed E-state index contributed by atoms with van der Waals surface area (Å²) in [6, 6.07) is 0. The summed E-state index contributed by atoms with van der Waals surface area (Å²) in [6.45, 7) is 6.32. The van der Waals surface area contributed by atoms with Crippen molar-refractivity contribution in [1.82, 2.24) is 5.32 Å². The van der Waals surface area contributed by atoms with Crippen molar-refractivity contribution in [3.63, 3.8) is 0 Å². The third kappa shape index (κ3) is 3.24. The van der Waals surface area contributed by atoms with Crippen LogP contribution in [0.25, 0.3) is 0 Å². The van der Waals surface area contributed by atoms with Gasteiger partial charge in [0.05, 0.1) is 0 Å². The predicted octanol–water partition coefficient (Wildman–Crippen LogP) is 1.91. The van der Waals surface area contributed by atoms with E-state index in [4.69, 9.17) is 0 Å². The van der Waals surface area contributed by atoms with Gasteiger partial charge < -0.3 is 5.32 Å². The molecule has 0 aromatic rings. The minimum Gasteiger partial charge on any atom is -0.351 e. The topological polar surface area (TPSA) is 29.1 Å². The van der Waals surface area contributed by atoms with Crippen LogP contribution in [0, 0.1) is 12.3 Å². The van der Waals surface area contributed by atoms with Gasteiger partial charge in [0.15, 0.2) is 0 Å². The molecule has 0 heterocycles. The van der Waals surface area contributed by atoms with Crippen LogP contribution in [-0.2, 0) is 4.79 Å². The molecule has 69 valence electrons. The second-order valence-electron chi connectivity index (χ2n) is 4.38. The van der Waals surface area contributed by atoms with Crippen LogP contribution in [0.3, 0.4) is 0 Å². The molecule has 12 heavy (non-hydrogen) atoms. The van der Waals surface area contributed by atoms with E-state index in [1.807, 2.05) is 0 Å².